The molecule has 1 fully saturated rings. The van der Waals surface area contributed by atoms with Crippen molar-refractivity contribution in [3.8, 4) is 6.07 Å². The highest BCUT2D eigenvalue weighted by molar-refractivity contribution is 5.98. The van der Waals surface area contributed by atoms with Crippen LogP contribution < -0.4 is 11.1 Å². The number of rotatable bonds is 6. The first-order valence-corrected chi connectivity index (χ1v) is 10.7. The lowest BCUT2D eigenvalue weighted by atomic mass is 9.82. The van der Waals surface area contributed by atoms with Gasteiger partial charge in [-0.25, -0.2) is 9.18 Å². The van der Waals surface area contributed by atoms with Crippen molar-refractivity contribution in [2.24, 2.45) is 11.7 Å². The van der Waals surface area contributed by atoms with Crippen LogP contribution in [0, 0.1) is 23.1 Å². The fraction of sp³-hybridized carbons (Fsp3) is 0.250. The Morgan fingerprint density at radius 2 is 1.91 bits per heavy atom. The Hall–Kier alpha value is -4.39. The van der Waals surface area contributed by atoms with Gasteiger partial charge in [-0.2, -0.15) is 10.4 Å². The molecule has 0 saturated carbocycles. The van der Waals surface area contributed by atoms with Gasteiger partial charge in [0.2, 0.25) is 0 Å². The number of nitrogens with two attached hydrogens (primary N) is 1. The Morgan fingerprint density at radius 3 is 2.53 bits per heavy atom. The van der Waals surface area contributed by atoms with E-state index in [9.17, 15) is 24.3 Å². The molecule has 34 heavy (non-hydrogen) atoms. The van der Waals surface area contributed by atoms with E-state index in [1.165, 1.54) is 40.0 Å². The molecule has 2 heterocycles. The monoisotopic (exact) mass is 462 g/mol. The second-order valence-electron chi connectivity index (χ2n) is 8.11. The number of halogens is 1. The Kier molecular flexibility index (Phi) is 6.45. The predicted molar refractivity (Wildman–Crippen MR) is 122 cm³/mol. The molecule has 4 rings (SSSR count). The number of nitriles is 1. The molecule has 1 aromatic heterocycles. The molecular formula is C24H23FN6O3. The molecule has 3 unspecified atom stereocenters. The Morgan fingerprint density at radius 1 is 1.21 bits per heavy atom. The molecule has 0 bridgehead atoms. The minimum absolute atomic E-state index is 0.112. The van der Waals surface area contributed by atoms with Gasteiger partial charge in [0.25, 0.3) is 5.91 Å². The van der Waals surface area contributed by atoms with Crippen molar-refractivity contribution in [2.45, 2.75) is 24.9 Å². The van der Waals surface area contributed by atoms with Gasteiger partial charge < -0.3 is 21.1 Å². The van der Waals surface area contributed by atoms with Gasteiger partial charge in [0, 0.05) is 18.4 Å². The first-order valence-electron chi connectivity index (χ1n) is 10.7. The number of carboxylic acid groups (broad SMARTS) is 1. The number of benzene rings is 2. The number of likely N-dealkylation sites (tertiary alicyclic amines) is 1. The Balaban J connectivity index is 1.67. The minimum atomic E-state index is -1.09. The Bertz CT molecular complexity index is 1220. The first kappa shape index (κ1) is 22.8. The van der Waals surface area contributed by atoms with E-state index in [1.807, 2.05) is 30.3 Å². The number of primary amides is 1. The third-order valence-corrected chi connectivity index (χ3v) is 6.02. The van der Waals surface area contributed by atoms with E-state index in [0.717, 1.165) is 5.56 Å². The van der Waals surface area contributed by atoms with Crippen LogP contribution in [0.5, 0.6) is 0 Å². The molecule has 10 heteroatoms. The normalized spacial score (nSPS) is 19.9. The van der Waals surface area contributed by atoms with Crippen molar-refractivity contribution >= 4 is 23.5 Å². The maximum atomic E-state index is 13.2. The third-order valence-electron chi connectivity index (χ3n) is 6.02. The standard InChI is InChI=1S/C24H23FN6O3/c25-16-6-8-17(9-7-16)28-23-19(22(27)32)14-31(29-23)20-10-11-30(24(33)34)21(18(20)13-26)12-15-4-2-1-3-5-15/h1-9,14,18,20-21H,10-12H2,(H2,27,32)(H,28,29)(H,33,34). The van der Waals surface area contributed by atoms with Gasteiger partial charge in [-0.05, 0) is 42.7 Å². The fourth-order valence-electron chi connectivity index (χ4n) is 4.37. The smallest absolute Gasteiger partial charge is 0.407 e. The van der Waals surface area contributed by atoms with Crippen LogP contribution >= 0.6 is 0 Å². The van der Waals surface area contributed by atoms with Crippen LogP contribution in [0.3, 0.4) is 0 Å². The number of aromatic nitrogens is 2. The number of nitrogens with one attached hydrogen (secondary N) is 1. The molecule has 1 aliphatic heterocycles. The maximum Gasteiger partial charge on any atom is 0.407 e. The number of anilines is 2. The third kappa shape index (κ3) is 4.68. The van der Waals surface area contributed by atoms with E-state index < -0.39 is 35.8 Å². The molecule has 4 N–H and O–H groups in total. The molecule has 3 atom stereocenters. The molecule has 0 radical (unpaired) electrons. The lowest BCUT2D eigenvalue weighted by molar-refractivity contribution is 0.0670. The zero-order valence-electron chi connectivity index (χ0n) is 18.1. The molecular weight excluding hydrogens is 439 g/mol. The van der Waals surface area contributed by atoms with Gasteiger partial charge in [0.1, 0.15) is 11.4 Å². The van der Waals surface area contributed by atoms with Crippen LogP contribution in [0.1, 0.15) is 28.4 Å². The number of amides is 2. The Labute approximate surface area is 195 Å². The summed E-state index contributed by atoms with van der Waals surface area (Å²) in [6, 6.07) is 16.1. The number of carbonyl (C=O) groups excluding carboxylic acids is 1. The summed E-state index contributed by atoms with van der Waals surface area (Å²) in [4.78, 5) is 25.3. The van der Waals surface area contributed by atoms with Crippen LogP contribution in [-0.4, -0.2) is 44.4 Å². The lowest BCUT2D eigenvalue weighted by Gasteiger charge is -2.41. The molecule has 1 saturated heterocycles. The molecule has 1 aliphatic rings. The SMILES string of the molecule is N#CC1C(Cc2ccccc2)N(C(=O)O)CCC1n1cc(C(N)=O)c(Nc2ccc(F)cc2)n1. The highest BCUT2D eigenvalue weighted by Crippen LogP contribution is 2.35. The van der Waals surface area contributed by atoms with E-state index in [-0.39, 0.29) is 17.9 Å². The minimum Gasteiger partial charge on any atom is -0.465 e. The van der Waals surface area contributed by atoms with E-state index in [1.54, 1.807) is 0 Å². The second-order valence-corrected chi connectivity index (χ2v) is 8.11. The molecule has 0 aliphatic carbocycles. The quantitative estimate of drug-likeness (QED) is 0.512. The first-order chi connectivity index (χ1) is 16.4. The predicted octanol–water partition coefficient (Wildman–Crippen LogP) is 3.54. The number of nitrogens with zero attached hydrogens (tertiary/aromatic N) is 4. The van der Waals surface area contributed by atoms with E-state index in [4.69, 9.17) is 5.73 Å². The van der Waals surface area contributed by atoms with Gasteiger partial charge in [0.15, 0.2) is 5.82 Å². The van der Waals surface area contributed by atoms with Gasteiger partial charge in [-0.15, -0.1) is 0 Å². The molecule has 0 spiro atoms. The van der Waals surface area contributed by atoms with Gasteiger partial charge in [0.05, 0.1) is 24.1 Å². The zero-order chi connectivity index (χ0) is 24.2. The summed E-state index contributed by atoms with van der Waals surface area (Å²) in [5, 5.41) is 27.3. The highest BCUT2D eigenvalue weighted by atomic mass is 19.1. The molecule has 3 aromatic rings. The van der Waals surface area contributed by atoms with Gasteiger partial charge >= 0.3 is 6.09 Å². The van der Waals surface area contributed by atoms with Crippen molar-refractivity contribution in [1.29, 1.82) is 5.26 Å². The number of hydrogen-bond donors (Lipinski definition) is 3. The molecule has 174 valence electrons. The lowest BCUT2D eigenvalue weighted by Crippen LogP contribution is -2.52. The summed E-state index contributed by atoms with van der Waals surface area (Å²) >= 11 is 0. The number of piperidine rings is 1. The average Bonchev–Trinajstić information content (AvgIpc) is 3.24. The average molecular weight is 462 g/mol. The second kappa shape index (κ2) is 9.62. The zero-order valence-corrected chi connectivity index (χ0v) is 18.1. The topological polar surface area (TPSA) is 137 Å². The summed E-state index contributed by atoms with van der Waals surface area (Å²) in [5.41, 5.74) is 7.08. The van der Waals surface area contributed by atoms with Crippen LogP contribution in [0.25, 0.3) is 0 Å². The summed E-state index contributed by atoms with van der Waals surface area (Å²) in [5.74, 6) is -1.66. The fourth-order valence-corrected chi connectivity index (χ4v) is 4.37. The maximum absolute atomic E-state index is 13.2. The number of hydrogen-bond acceptors (Lipinski definition) is 5. The van der Waals surface area contributed by atoms with Crippen LogP contribution in [0.4, 0.5) is 20.7 Å². The van der Waals surface area contributed by atoms with Crippen LogP contribution in [-0.2, 0) is 6.42 Å². The summed E-state index contributed by atoms with van der Waals surface area (Å²) < 4.78 is 14.8. The highest BCUT2D eigenvalue weighted by Gasteiger charge is 2.42. The van der Waals surface area contributed by atoms with Crippen LogP contribution in [0.15, 0.2) is 60.8 Å². The van der Waals surface area contributed by atoms with Gasteiger partial charge in [-0.1, -0.05) is 30.3 Å². The van der Waals surface area contributed by atoms with Crippen LogP contribution in [0.2, 0.25) is 0 Å². The van der Waals surface area contributed by atoms with Gasteiger partial charge in [-0.3, -0.25) is 9.48 Å². The molecule has 9 nitrogen and oxygen atoms in total. The van der Waals surface area contributed by atoms with Crippen molar-refractivity contribution in [2.75, 3.05) is 11.9 Å². The van der Waals surface area contributed by atoms with E-state index in [0.29, 0.717) is 18.5 Å². The van der Waals surface area contributed by atoms with Crippen molar-refractivity contribution in [3.05, 3.63) is 77.7 Å². The van der Waals surface area contributed by atoms with E-state index >= 15 is 0 Å². The van der Waals surface area contributed by atoms with Crippen molar-refractivity contribution in [3.63, 3.8) is 0 Å². The van der Waals surface area contributed by atoms with Crippen molar-refractivity contribution < 1.29 is 19.1 Å². The summed E-state index contributed by atoms with van der Waals surface area (Å²) in [6.07, 6.45) is 1.09. The summed E-state index contributed by atoms with van der Waals surface area (Å²) in [6.45, 7) is 0.210. The van der Waals surface area contributed by atoms with E-state index in [2.05, 4.69) is 16.5 Å². The largest absolute Gasteiger partial charge is 0.465 e. The molecule has 2 aromatic carbocycles. The number of carbonyl (C=O) groups is 2. The summed E-state index contributed by atoms with van der Waals surface area (Å²) in [7, 11) is 0. The molecule has 2 amide bonds. The van der Waals surface area contributed by atoms with Crippen molar-refractivity contribution in [1.82, 2.24) is 14.7 Å².